The SMILES string of the molecule is COc1cc(C)n(CCNC(=O)C(C)C)c(=O)c1. The molecule has 0 aliphatic rings. The number of nitrogens with one attached hydrogen (secondary N) is 1. The predicted octanol–water partition coefficient (Wildman–Crippen LogP) is 0.938. The summed E-state index contributed by atoms with van der Waals surface area (Å²) in [5, 5.41) is 2.78. The standard InChI is InChI=1S/C13H20N2O3/c1-9(2)13(17)14-5-6-15-10(3)7-11(18-4)8-12(15)16/h7-9H,5-6H2,1-4H3,(H,14,17). The Morgan fingerprint density at radius 1 is 1.44 bits per heavy atom. The summed E-state index contributed by atoms with van der Waals surface area (Å²) in [7, 11) is 1.53. The molecule has 1 N–H and O–H groups in total. The molecule has 0 bridgehead atoms. The molecule has 0 spiro atoms. The fourth-order valence-corrected chi connectivity index (χ4v) is 1.60. The van der Waals surface area contributed by atoms with Crippen molar-refractivity contribution in [2.75, 3.05) is 13.7 Å². The van der Waals surface area contributed by atoms with Gasteiger partial charge in [0.25, 0.3) is 5.56 Å². The third-order valence-corrected chi connectivity index (χ3v) is 2.70. The zero-order valence-corrected chi connectivity index (χ0v) is 11.3. The predicted molar refractivity (Wildman–Crippen MR) is 69.8 cm³/mol. The summed E-state index contributed by atoms with van der Waals surface area (Å²) in [4.78, 5) is 23.2. The lowest BCUT2D eigenvalue weighted by Gasteiger charge is -2.12. The third kappa shape index (κ3) is 3.61. The highest BCUT2D eigenvalue weighted by molar-refractivity contribution is 5.77. The van der Waals surface area contributed by atoms with Crippen LogP contribution in [0, 0.1) is 12.8 Å². The molecule has 0 radical (unpaired) electrons. The van der Waals surface area contributed by atoms with E-state index in [2.05, 4.69) is 5.32 Å². The number of nitrogens with zero attached hydrogens (tertiary/aromatic N) is 1. The van der Waals surface area contributed by atoms with Gasteiger partial charge in [-0.1, -0.05) is 13.8 Å². The lowest BCUT2D eigenvalue weighted by atomic mass is 10.2. The molecule has 0 atom stereocenters. The Kier molecular flexibility index (Phi) is 4.95. The summed E-state index contributed by atoms with van der Waals surface area (Å²) >= 11 is 0. The fraction of sp³-hybridized carbons (Fsp3) is 0.538. The van der Waals surface area contributed by atoms with Crippen LogP contribution in [0.1, 0.15) is 19.5 Å². The molecule has 0 aliphatic carbocycles. The Morgan fingerprint density at radius 2 is 2.11 bits per heavy atom. The normalized spacial score (nSPS) is 10.5. The van der Waals surface area contributed by atoms with E-state index >= 15 is 0 Å². The maximum atomic E-state index is 11.8. The van der Waals surface area contributed by atoms with Gasteiger partial charge in [-0.2, -0.15) is 0 Å². The quantitative estimate of drug-likeness (QED) is 0.848. The molecule has 1 rings (SSSR count). The van der Waals surface area contributed by atoms with Crippen molar-refractivity contribution >= 4 is 5.91 Å². The first-order valence-electron chi connectivity index (χ1n) is 5.99. The molecule has 100 valence electrons. The van der Waals surface area contributed by atoms with Crippen molar-refractivity contribution in [3.05, 3.63) is 28.2 Å². The highest BCUT2D eigenvalue weighted by atomic mass is 16.5. The zero-order chi connectivity index (χ0) is 13.7. The average molecular weight is 252 g/mol. The van der Waals surface area contributed by atoms with Gasteiger partial charge in [0, 0.05) is 30.8 Å². The van der Waals surface area contributed by atoms with Gasteiger partial charge in [0.15, 0.2) is 0 Å². The van der Waals surface area contributed by atoms with Crippen LogP contribution in [0.15, 0.2) is 16.9 Å². The lowest BCUT2D eigenvalue weighted by Crippen LogP contribution is -2.33. The topological polar surface area (TPSA) is 60.3 Å². The average Bonchev–Trinajstić information content (AvgIpc) is 2.31. The minimum Gasteiger partial charge on any atom is -0.496 e. The van der Waals surface area contributed by atoms with Crippen LogP contribution in [0.4, 0.5) is 0 Å². The van der Waals surface area contributed by atoms with Gasteiger partial charge in [-0.05, 0) is 13.0 Å². The second kappa shape index (κ2) is 6.23. The molecule has 18 heavy (non-hydrogen) atoms. The lowest BCUT2D eigenvalue weighted by molar-refractivity contribution is -0.124. The van der Waals surface area contributed by atoms with E-state index in [0.29, 0.717) is 18.8 Å². The highest BCUT2D eigenvalue weighted by Gasteiger charge is 2.07. The van der Waals surface area contributed by atoms with E-state index in [9.17, 15) is 9.59 Å². The number of carbonyl (C=O) groups excluding carboxylic acids is 1. The van der Waals surface area contributed by atoms with Crippen LogP contribution >= 0.6 is 0 Å². The Bertz CT molecular complexity index is 478. The van der Waals surface area contributed by atoms with E-state index in [1.165, 1.54) is 13.2 Å². The molecule has 5 nitrogen and oxygen atoms in total. The van der Waals surface area contributed by atoms with Gasteiger partial charge < -0.3 is 14.6 Å². The Morgan fingerprint density at radius 3 is 2.61 bits per heavy atom. The molecule has 0 saturated carbocycles. The van der Waals surface area contributed by atoms with Crippen LogP contribution in [-0.2, 0) is 11.3 Å². The van der Waals surface area contributed by atoms with Crippen LogP contribution in [-0.4, -0.2) is 24.1 Å². The summed E-state index contributed by atoms with van der Waals surface area (Å²) in [6, 6.07) is 3.24. The number of ether oxygens (including phenoxy) is 1. The first-order chi connectivity index (χ1) is 8.45. The third-order valence-electron chi connectivity index (χ3n) is 2.70. The van der Waals surface area contributed by atoms with Gasteiger partial charge in [0.1, 0.15) is 5.75 Å². The van der Waals surface area contributed by atoms with E-state index in [4.69, 9.17) is 4.74 Å². The highest BCUT2D eigenvalue weighted by Crippen LogP contribution is 2.08. The van der Waals surface area contributed by atoms with Crippen LogP contribution < -0.4 is 15.6 Å². The summed E-state index contributed by atoms with van der Waals surface area (Å²) in [6.45, 7) is 6.42. The largest absolute Gasteiger partial charge is 0.496 e. The fourth-order valence-electron chi connectivity index (χ4n) is 1.60. The molecule has 1 heterocycles. The minimum absolute atomic E-state index is 0.00536. The Hall–Kier alpha value is -1.78. The number of pyridine rings is 1. The van der Waals surface area contributed by atoms with Crippen molar-refractivity contribution in [2.45, 2.75) is 27.3 Å². The molecule has 0 saturated heterocycles. The van der Waals surface area contributed by atoms with Crippen molar-refractivity contribution in [1.82, 2.24) is 9.88 Å². The molecular weight excluding hydrogens is 232 g/mol. The smallest absolute Gasteiger partial charge is 0.254 e. The maximum absolute atomic E-state index is 11.8. The molecule has 0 fully saturated rings. The van der Waals surface area contributed by atoms with Gasteiger partial charge >= 0.3 is 0 Å². The monoisotopic (exact) mass is 252 g/mol. The molecular formula is C13H20N2O3. The number of hydrogen-bond donors (Lipinski definition) is 1. The van der Waals surface area contributed by atoms with Gasteiger partial charge in [0.2, 0.25) is 5.91 Å². The Labute approximate surface area is 107 Å². The van der Waals surface area contributed by atoms with Gasteiger partial charge in [-0.3, -0.25) is 9.59 Å². The van der Waals surface area contributed by atoms with Gasteiger partial charge in [-0.15, -0.1) is 0 Å². The van der Waals surface area contributed by atoms with Gasteiger partial charge in [-0.25, -0.2) is 0 Å². The minimum atomic E-state index is -0.120. The second-order valence-electron chi connectivity index (χ2n) is 4.47. The van der Waals surface area contributed by atoms with Crippen LogP contribution in [0.25, 0.3) is 0 Å². The van der Waals surface area contributed by atoms with Crippen molar-refractivity contribution in [2.24, 2.45) is 5.92 Å². The molecule has 1 aromatic heterocycles. The summed E-state index contributed by atoms with van der Waals surface area (Å²) < 4.78 is 6.64. The van der Waals surface area contributed by atoms with Crippen LogP contribution in [0.2, 0.25) is 0 Å². The summed E-state index contributed by atoms with van der Waals surface area (Å²) in [5.74, 6) is 0.507. The zero-order valence-electron chi connectivity index (χ0n) is 11.3. The molecule has 0 unspecified atom stereocenters. The summed E-state index contributed by atoms with van der Waals surface area (Å²) in [6.07, 6.45) is 0. The van der Waals surface area contributed by atoms with Crippen molar-refractivity contribution < 1.29 is 9.53 Å². The number of aryl methyl sites for hydroxylation is 1. The molecule has 0 aliphatic heterocycles. The first-order valence-corrected chi connectivity index (χ1v) is 5.99. The maximum Gasteiger partial charge on any atom is 0.254 e. The van der Waals surface area contributed by atoms with Crippen molar-refractivity contribution in [3.8, 4) is 5.75 Å². The van der Waals surface area contributed by atoms with E-state index < -0.39 is 0 Å². The number of carbonyl (C=O) groups is 1. The van der Waals surface area contributed by atoms with E-state index in [1.807, 2.05) is 20.8 Å². The second-order valence-corrected chi connectivity index (χ2v) is 4.47. The Balaban J connectivity index is 2.69. The van der Waals surface area contributed by atoms with Crippen LogP contribution in [0.5, 0.6) is 5.75 Å². The molecule has 5 heteroatoms. The molecule has 1 aromatic rings. The van der Waals surface area contributed by atoms with Crippen molar-refractivity contribution in [3.63, 3.8) is 0 Å². The van der Waals surface area contributed by atoms with Crippen LogP contribution in [0.3, 0.4) is 0 Å². The van der Waals surface area contributed by atoms with Crippen molar-refractivity contribution in [1.29, 1.82) is 0 Å². The summed E-state index contributed by atoms with van der Waals surface area (Å²) in [5.41, 5.74) is 0.698. The molecule has 1 amide bonds. The molecule has 0 aromatic carbocycles. The number of aromatic nitrogens is 1. The van der Waals surface area contributed by atoms with E-state index in [1.54, 1.807) is 10.6 Å². The number of rotatable bonds is 5. The van der Waals surface area contributed by atoms with E-state index in [0.717, 1.165) is 5.69 Å². The number of methoxy groups -OCH3 is 1. The van der Waals surface area contributed by atoms with Gasteiger partial charge in [0.05, 0.1) is 7.11 Å². The van der Waals surface area contributed by atoms with E-state index in [-0.39, 0.29) is 17.4 Å². The number of hydrogen-bond acceptors (Lipinski definition) is 3. The first kappa shape index (κ1) is 14.3. The number of amides is 1.